The van der Waals surface area contributed by atoms with Gasteiger partial charge in [0.2, 0.25) is 0 Å². The number of aliphatic imine (C=N–C) groups is 1. The fourth-order valence-corrected chi connectivity index (χ4v) is 1.02. The van der Waals surface area contributed by atoms with E-state index in [4.69, 9.17) is 5.11 Å². The Morgan fingerprint density at radius 2 is 2.08 bits per heavy atom. The zero-order valence-corrected chi connectivity index (χ0v) is 8.38. The molecule has 0 saturated carbocycles. The molecule has 0 unspecified atom stereocenters. The summed E-state index contributed by atoms with van der Waals surface area (Å²) in [7, 11) is 1.70. The summed E-state index contributed by atoms with van der Waals surface area (Å²) in [6.07, 6.45) is 4.22. The average Bonchev–Trinajstić information content (AvgIpc) is 2.02. The van der Waals surface area contributed by atoms with Crippen LogP contribution in [-0.4, -0.2) is 25.0 Å². The molecule has 72 valence electrons. The van der Waals surface area contributed by atoms with E-state index in [2.05, 4.69) is 18.2 Å². The summed E-state index contributed by atoms with van der Waals surface area (Å²) in [4.78, 5) is 3.85. The van der Waals surface area contributed by atoms with Gasteiger partial charge in [-0.15, -0.1) is 0 Å². The Kier molecular flexibility index (Phi) is 5.81. The zero-order chi connectivity index (χ0) is 10.3. The molecular weight excluding hydrogens is 162 g/mol. The molecule has 2 nitrogen and oxygen atoms in total. The normalized spacial score (nSPS) is 12.1. The molecule has 0 aromatic carbocycles. The first-order chi connectivity index (χ1) is 6.10. The summed E-state index contributed by atoms with van der Waals surface area (Å²) in [5.74, 6) is 0. The van der Waals surface area contributed by atoms with Crippen molar-refractivity contribution in [3.63, 3.8) is 0 Å². The van der Waals surface area contributed by atoms with Gasteiger partial charge in [-0.05, 0) is 24.5 Å². The van der Waals surface area contributed by atoms with Crippen LogP contribution >= 0.6 is 0 Å². The van der Waals surface area contributed by atoms with E-state index in [0.717, 1.165) is 16.7 Å². The van der Waals surface area contributed by atoms with Gasteiger partial charge in [0.05, 0.1) is 6.61 Å². The number of hydrogen-bond acceptors (Lipinski definition) is 2. The molecule has 0 aromatic heterocycles. The summed E-state index contributed by atoms with van der Waals surface area (Å²) in [5, 5.41) is 9.00. The van der Waals surface area contributed by atoms with Crippen LogP contribution in [0.25, 0.3) is 0 Å². The number of allylic oxidation sites excluding steroid dienone is 3. The Morgan fingerprint density at radius 3 is 2.46 bits per heavy atom. The van der Waals surface area contributed by atoms with E-state index >= 15 is 0 Å². The van der Waals surface area contributed by atoms with Gasteiger partial charge in [-0.3, -0.25) is 4.99 Å². The second-order valence-electron chi connectivity index (χ2n) is 3.03. The minimum atomic E-state index is 0.0451. The van der Waals surface area contributed by atoms with E-state index in [1.165, 1.54) is 0 Å². The van der Waals surface area contributed by atoms with Gasteiger partial charge in [0.15, 0.2) is 0 Å². The van der Waals surface area contributed by atoms with Crippen LogP contribution < -0.4 is 0 Å². The molecule has 0 radical (unpaired) electrons. The maximum Gasteiger partial charge on any atom is 0.0648 e. The molecule has 1 N–H and O–H groups in total. The highest BCUT2D eigenvalue weighted by atomic mass is 16.3. The number of aliphatic hydroxyl groups is 1. The third-order valence-electron chi connectivity index (χ3n) is 1.42. The monoisotopic (exact) mass is 179 g/mol. The SMILES string of the molecule is C=C(C)/C=C(/CO)CC(=C)/C=N/C. The summed E-state index contributed by atoms with van der Waals surface area (Å²) in [6.45, 7) is 9.49. The molecule has 2 heteroatoms. The van der Waals surface area contributed by atoms with Crippen molar-refractivity contribution in [1.29, 1.82) is 0 Å². The Balaban J connectivity index is 4.29. The summed E-state index contributed by atoms with van der Waals surface area (Å²) < 4.78 is 0. The third kappa shape index (κ3) is 6.05. The molecule has 0 spiro atoms. The molecule has 0 aliphatic rings. The van der Waals surface area contributed by atoms with E-state index in [9.17, 15) is 0 Å². The van der Waals surface area contributed by atoms with Crippen LogP contribution in [0.2, 0.25) is 0 Å². The largest absolute Gasteiger partial charge is 0.392 e. The minimum absolute atomic E-state index is 0.0451. The van der Waals surface area contributed by atoms with Crippen LogP contribution in [0.15, 0.2) is 40.9 Å². The lowest BCUT2D eigenvalue weighted by atomic mass is 10.1. The van der Waals surface area contributed by atoms with Crippen LogP contribution in [0.3, 0.4) is 0 Å². The summed E-state index contributed by atoms with van der Waals surface area (Å²) in [5.41, 5.74) is 2.74. The van der Waals surface area contributed by atoms with Crippen molar-refractivity contribution in [1.82, 2.24) is 0 Å². The minimum Gasteiger partial charge on any atom is -0.392 e. The quantitative estimate of drug-likeness (QED) is 0.509. The number of nitrogens with zero attached hydrogens (tertiary/aromatic N) is 1. The Labute approximate surface area is 80.0 Å². The van der Waals surface area contributed by atoms with Crippen LogP contribution in [0.5, 0.6) is 0 Å². The molecule has 0 fully saturated rings. The fourth-order valence-electron chi connectivity index (χ4n) is 1.02. The molecule has 0 saturated heterocycles. The molecule has 0 aliphatic carbocycles. The van der Waals surface area contributed by atoms with Crippen LogP contribution in [0.1, 0.15) is 13.3 Å². The van der Waals surface area contributed by atoms with E-state index in [1.54, 1.807) is 13.3 Å². The molecular formula is C11H17NO. The summed E-state index contributed by atoms with van der Waals surface area (Å²) in [6, 6.07) is 0. The molecule has 0 heterocycles. The molecule has 0 amide bonds. The Hall–Kier alpha value is -1.15. The second kappa shape index (κ2) is 6.38. The topological polar surface area (TPSA) is 32.6 Å². The van der Waals surface area contributed by atoms with Crippen LogP contribution in [-0.2, 0) is 0 Å². The molecule has 0 aromatic rings. The van der Waals surface area contributed by atoms with Gasteiger partial charge in [-0.1, -0.05) is 24.8 Å². The van der Waals surface area contributed by atoms with Crippen molar-refractivity contribution in [2.45, 2.75) is 13.3 Å². The first kappa shape index (κ1) is 11.8. The molecule has 13 heavy (non-hydrogen) atoms. The highest BCUT2D eigenvalue weighted by molar-refractivity contribution is 5.78. The lowest BCUT2D eigenvalue weighted by Crippen LogP contribution is -1.94. The second-order valence-corrected chi connectivity index (χ2v) is 3.03. The lowest BCUT2D eigenvalue weighted by molar-refractivity contribution is 0.328. The van der Waals surface area contributed by atoms with Gasteiger partial charge in [0.1, 0.15) is 0 Å². The number of aliphatic hydroxyl groups excluding tert-OH is 1. The van der Waals surface area contributed by atoms with Gasteiger partial charge in [-0.25, -0.2) is 0 Å². The summed E-state index contributed by atoms with van der Waals surface area (Å²) >= 11 is 0. The van der Waals surface area contributed by atoms with E-state index in [1.807, 2.05) is 13.0 Å². The number of hydrogen-bond donors (Lipinski definition) is 1. The zero-order valence-electron chi connectivity index (χ0n) is 8.38. The smallest absolute Gasteiger partial charge is 0.0648 e. The van der Waals surface area contributed by atoms with E-state index in [0.29, 0.717) is 6.42 Å². The first-order valence-corrected chi connectivity index (χ1v) is 4.16. The molecule has 0 atom stereocenters. The van der Waals surface area contributed by atoms with Crippen LogP contribution in [0.4, 0.5) is 0 Å². The fraction of sp³-hybridized carbons (Fsp3) is 0.364. The van der Waals surface area contributed by atoms with E-state index < -0.39 is 0 Å². The number of rotatable bonds is 5. The van der Waals surface area contributed by atoms with Crippen molar-refractivity contribution in [2.75, 3.05) is 13.7 Å². The lowest BCUT2D eigenvalue weighted by Gasteiger charge is -2.03. The van der Waals surface area contributed by atoms with E-state index in [-0.39, 0.29) is 6.61 Å². The van der Waals surface area contributed by atoms with Crippen molar-refractivity contribution >= 4 is 6.21 Å². The third-order valence-corrected chi connectivity index (χ3v) is 1.42. The predicted molar refractivity (Wildman–Crippen MR) is 58.2 cm³/mol. The van der Waals surface area contributed by atoms with Crippen molar-refractivity contribution < 1.29 is 5.11 Å². The highest BCUT2D eigenvalue weighted by Crippen LogP contribution is 2.09. The molecule has 0 aliphatic heterocycles. The Bertz CT molecular complexity index is 249. The molecule has 0 rings (SSSR count). The standard InChI is InChI=1S/C11H17NO/c1-9(2)5-11(8-13)6-10(3)7-12-4/h5,7,13H,1,3,6,8H2,2,4H3/b11-5+,12-7+. The maximum absolute atomic E-state index is 9.00. The van der Waals surface area contributed by atoms with Gasteiger partial charge >= 0.3 is 0 Å². The van der Waals surface area contributed by atoms with Crippen molar-refractivity contribution in [3.05, 3.63) is 36.0 Å². The van der Waals surface area contributed by atoms with Gasteiger partial charge in [0, 0.05) is 13.3 Å². The average molecular weight is 179 g/mol. The van der Waals surface area contributed by atoms with Crippen molar-refractivity contribution in [3.8, 4) is 0 Å². The molecule has 0 bridgehead atoms. The van der Waals surface area contributed by atoms with Gasteiger partial charge < -0.3 is 5.11 Å². The van der Waals surface area contributed by atoms with Crippen LogP contribution in [0, 0.1) is 0 Å². The maximum atomic E-state index is 9.00. The predicted octanol–water partition coefficient (Wildman–Crippen LogP) is 2.13. The van der Waals surface area contributed by atoms with Gasteiger partial charge in [0.25, 0.3) is 0 Å². The highest BCUT2D eigenvalue weighted by Gasteiger charge is 1.97. The first-order valence-electron chi connectivity index (χ1n) is 4.16. The Morgan fingerprint density at radius 1 is 1.46 bits per heavy atom. The van der Waals surface area contributed by atoms with Crippen molar-refractivity contribution in [2.24, 2.45) is 4.99 Å². The van der Waals surface area contributed by atoms with Gasteiger partial charge in [-0.2, -0.15) is 0 Å².